The lowest BCUT2D eigenvalue weighted by atomic mass is 10.1. The van der Waals surface area contributed by atoms with E-state index < -0.39 is 5.97 Å². The molecule has 0 aliphatic heterocycles. The molecule has 0 unspecified atom stereocenters. The van der Waals surface area contributed by atoms with E-state index in [1.165, 1.54) is 0 Å². The average molecular weight is 453 g/mol. The highest BCUT2D eigenvalue weighted by molar-refractivity contribution is 7.99. The average Bonchev–Trinajstić information content (AvgIpc) is 2.79. The van der Waals surface area contributed by atoms with Crippen molar-refractivity contribution in [3.05, 3.63) is 77.9 Å². The summed E-state index contributed by atoms with van der Waals surface area (Å²) < 4.78 is 11.8. The number of ether oxygens (including phenoxy) is 2. The molecule has 0 aliphatic carbocycles. The standard InChI is InChI=1S/C26H28O5S/c1-2-7-22-23(14-15-24(26(22)29)31-20-8-4-3-5-9-20)30-16-6-17-32-21-12-10-19(11-13-21)18-25(27)28/h3-5,8-15,29H,2,6-7,16-18H2,1H3,(H,27,28). The largest absolute Gasteiger partial charge is 0.504 e. The zero-order chi connectivity index (χ0) is 22.8. The Kier molecular flexibility index (Phi) is 8.87. The van der Waals surface area contributed by atoms with Gasteiger partial charge in [0.1, 0.15) is 11.5 Å². The van der Waals surface area contributed by atoms with Crippen LogP contribution in [0.5, 0.6) is 23.0 Å². The lowest BCUT2D eigenvalue weighted by Gasteiger charge is -2.16. The first-order valence-corrected chi connectivity index (χ1v) is 11.7. The van der Waals surface area contributed by atoms with Crippen LogP contribution in [0.1, 0.15) is 30.9 Å². The number of hydrogen-bond donors (Lipinski definition) is 2. The van der Waals surface area contributed by atoms with Gasteiger partial charge >= 0.3 is 5.97 Å². The summed E-state index contributed by atoms with van der Waals surface area (Å²) in [4.78, 5) is 11.9. The molecule has 0 radical (unpaired) electrons. The number of phenols is 1. The number of carboxylic acids is 1. The summed E-state index contributed by atoms with van der Waals surface area (Å²) in [5, 5.41) is 19.6. The Morgan fingerprint density at radius 2 is 1.69 bits per heavy atom. The lowest BCUT2D eigenvalue weighted by Crippen LogP contribution is -2.02. The zero-order valence-electron chi connectivity index (χ0n) is 18.1. The van der Waals surface area contributed by atoms with Crippen molar-refractivity contribution in [2.24, 2.45) is 0 Å². The molecule has 0 bridgehead atoms. The van der Waals surface area contributed by atoms with Crippen LogP contribution in [0.15, 0.2) is 71.6 Å². The van der Waals surface area contributed by atoms with Crippen LogP contribution in [0, 0.1) is 0 Å². The molecule has 2 N–H and O–H groups in total. The molecule has 5 nitrogen and oxygen atoms in total. The van der Waals surface area contributed by atoms with Crippen LogP contribution in [-0.2, 0) is 17.6 Å². The lowest BCUT2D eigenvalue weighted by molar-refractivity contribution is -0.136. The first-order valence-electron chi connectivity index (χ1n) is 10.7. The Labute approximate surface area is 193 Å². The summed E-state index contributed by atoms with van der Waals surface area (Å²) >= 11 is 1.71. The number of hydrogen-bond acceptors (Lipinski definition) is 5. The molecule has 0 amide bonds. The van der Waals surface area contributed by atoms with Crippen molar-refractivity contribution in [2.75, 3.05) is 12.4 Å². The molecule has 3 aromatic rings. The predicted octanol–water partition coefficient (Wildman–Crippen LogP) is 6.33. The van der Waals surface area contributed by atoms with E-state index in [1.807, 2.05) is 60.7 Å². The Balaban J connectivity index is 1.52. The first kappa shape index (κ1) is 23.5. The maximum Gasteiger partial charge on any atom is 0.307 e. The molecule has 3 rings (SSSR count). The maximum atomic E-state index is 10.8. The molecule has 3 aromatic carbocycles. The number of aliphatic carboxylic acids is 1. The number of aromatic hydroxyl groups is 1. The van der Waals surface area contributed by atoms with Gasteiger partial charge in [-0.25, -0.2) is 0 Å². The summed E-state index contributed by atoms with van der Waals surface area (Å²) in [6.45, 7) is 2.60. The van der Waals surface area contributed by atoms with Gasteiger partial charge in [-0.05, 0) is 54.8 Å². The third-order valence-electron chi connectivity index (χ3n) is 4.77. The monoisotopic (exact) mass is 452 g/mol. The molecular weight excluding hydrogens is 424 g/mol. The summed E-state index contributed by atoms with van der Waals surface area (Å²) in [5.74, 6) is 1.97. The first-order chi connectivity index (χ1) is 15.6. The number of benzene rings is 3. The van der Waals surface area contributed by atoms with Gasteiger partial charge in [-0.15, -0.1) is 11.8 Å². The molecule has 0 aliphatic rings. The van der Waals surface area contributed by atoms with E-state index in [2.05, 4.69) is 6.92 Å². The van der Waals surface area contributed by atoms with Gasteiger partial charge in [0, 0.05) is 16.2 Å². The molecule has 0 saturated carbocycles. The number of para-hydroxylation sites is 1. The van der Waals surface area contributed by atoms with Gasteiger partial charge in [-0.1, -0.05) is 43.7 Å². The third-order valence-corrected chi connectivity index (χ3v) is 5.87. The van der Waals surface area contributed by atoms with Crippen molar-refractivity contribution in [3.8, 4) is 23.0 Å². The topological polar surface area (TPSA) is 76.0 Å². The van der Waals surface area contributed by atoms with E-state index >= 15 is 0 Å². The molecule has 0 spiro atoms. The minimum atomic E-state index is -0.823. The van der Waals surface area contributed by atoms with Crippen LogP contribution < -0.4 is 9.47 Å². The van der Waals surface area contributed by atoms with Crippen molar-refractivity contribution in [1.82, 2.24) is 0 Å². The highest BCUT2D eigenvalue weighted by Gasteiger charge is 2.15. The van der Waals surface area contributed by atoms with Gasteiger partial charge in [-0.3, -0.25) is 4.79 Å². The zero-order valence-corrected chi connectivity index (χ0v) is 18.9. The van der Waals surface area contributed by atoms with Crippen LogP contribution in [0.25, 0.3) is 0 Å². The Morgan fingerprint density at radius 3 is 2.38 bits per heavy atom. The Hall–Kier alpha value is -3.12. The fraction of sp³-hybridized carbons (Fsp3) is 0.269. The highest BCUT2D eigenvalue weighted by atomic mass is 32.2. The molecule has 0 fully saturated rings. The number of carbonyl (C=O) groups is 1. The maximum absolute atomic E-state index is 10.8. The quantitative estimate of drug-likeness (QED) is 0.247. The predicted molar refractivity (Wildman–Crippen MR) is 127 cm³/mol. The second kappa shape index (κ2) is 12.1. The van der Waals surface area contributed by atoms with Crippen LogP contribution in [0.4, 0.5) is 0 Å². The van der Waals surface area contributed by atoms with Gasteiger partial charge < -0.3 is 19.7 Å². The minimum absolute atomic E-state index is 0.0426. The summed E-state index contributed by atoms with van der Waals surface area (Å²) in [6, 6.07) is 20.6. The number of thioether (sulfide) groups is 1. The summed E-state index contributed by atoms with van der Waals surface area (Å²) in [6.07, 6.45) is 2.47. The van der Waals surface area contributed by atoms with Crippen LogP contribution >= 0.6 is 11.8 Å². The van der Waals surface area contributed by atoms with E-state index in [0.717, 1.165) is 34.6 Å². The number of carboxylic acid groups (broad SMARTS) is 1. The number of phenolic OH excluding ortho intramolecular Hbond substituents is 1. The van der Waals surface area contributed by atoms with Crippen molar-refractivity contribution in [1.29, 1.82) is 0 Å². The molecule has 32 heavy (non-hydrogen) atoms. The van der Waals surface area contributed by atoms with Crippen molar-refractivity contribution in [3.63, 3.8) is 0 Å². The van der Waals surface area contributed by atoms with E-state index in [4.69, 9.17) is 14.6 Å². The van der Waals surface area contributed by atoms with E-state index in [0.29, 0.717) is 30.3 Å². The van der Waals surface area contributed by atoms with Crippen LogP contribution in [0.2, 0.25) is 0 Å². The molecule has 0 atom stereocenters. The highest BCUT2D eigenvalue weighted by Crippen LogP contribution is 2.39. The van der Waals surface area contributed by atoms with Gasteiger partial charge in [0.25, 0.3) is 0 Å². The van der Waals surface area contributed by atoms with Crippen molar-refractivity contribution in [2.45, 2.75) is 37.5 Å². The molecule has 0 aromatic heterocycles. The summed E-state index contributed by atoms with van der Waals surface area (Å²) in [5.41, 5.74) is 1.57. The Bertz CT molecular complexity index is 1000. The Morgan fingerprint density at radius 1 is 0.969 bits per heavy atom. The fourth-order valence-electron chi connectivity index (χ4n) is 3.23. The van der Waals surface area contributed by atoms with Crippen LogP contribution in [-0.4, -0.2) is 28.5 Å². The minimum Gasteiger partial charge on any atom is -0.504 e. The smallest absolute Gasteiger partial charge is 0.307 e. The van der Waals surface area contributed by atoms with Crippen LogP contribution in [0.3, 0.4) is 0 Å². The molecular formula is C26H28O5S. The van der Waals surface area contributed by atoms with Crippen molar-refractivity contribution >= 4 is 17.7 Å². The van der Waals surface area contributed by atoms with E-state index in [-0.39, 0.29) is 12.2 Å². The second-order valence-electron chi connectivity index (χ2n) is 7.32. The number of rotatable bonds is 12. The summed E-state index contributed by atoms with van der Waals surface area (Å²) in [7, 11) is 0. The normalized spacial score (nSPS) is 10.7. The van der Waals surface area contributed by atoms with Gasteiger partial charge in [0.15, 0.2) is 11.5 Å². The van der Waals surface area contributed by atoms with Gasteiger partial charge in [0.2, 0.25) is 0 Å². The van der Waals surface area contributed by atoms with Crippen molar-refractivity contribution < 1.29 is 24.5 Å². The SMILES string of the molecule is CCCc1c(OCCCSc2ccc(CC(=O)O)cc2)ccc(Oc2ccccc2)c1O. The molecule has 6 heteroatoms. The molecule has 0 saturated heterocycles. The fourth-order valence-corrected chi connectivity index (χ4v) is 4.06. The van der Waals surface area contributed by atoms with E-state index in [1.54, 1.807) is 17.8 Å². The molecule has 168 valence electrons. The third kappa shape index (κ3) is 6.95. The second-order valence-corrected chi connectivity index (χ2v) is 8.49. The van der Waals surface area contributed by atoms with Gasteiger partial charge in [-0.2, -0.15) is 0 Å². The van der Waals surface area contributed by atoms with Gasteiger partial charge in [0.05, 0.1) is 13.0 Å². The molecule has 0 heterocycles. The van der Waals surface area contributed by atoms with E-state index in [9.17, 15) is 9.90 Å².